The van der Waals surface area contributed by atoms with Crippen molar-refractivity contribution in [1.29, 1.82) is 0 Å². The van der Waals surface area contributed by atoms with Crippen LogP contribution in [0.1, 0.15) is 242 Å². The first-order valence-corrected chi connectivity index (χ1v) is 44.7. The molecule has 117 heavy (non-hydrogen) atoms. The van der Waals surface area contributed by atoms with Crippen LogP contribution in [0, 0.1) is 52.3 Å². The molecular formula is C87H123Cl2N9O17S2. The molecule has 4 saturated carbocycles. The third-order valence-electron chi connectivity index (χ3n) is 23.6. The van der Waals surface area contributed by atoms with Crippen molar-refractivity contribution in [1.82, 2.24) is 29.2 Å². The highest BCUT2D eigenvalue weighted by Gasteiger charge is 2.50. The van der Waals surface area contributed by atoms with Crippen molar-refractivity contribution in [2.24, 2.45) is 68.0 Å². The maximum absolute atomic E-state index is 15.0. The molecule has 26 nitrogen and oxygen atoms in total. The number of benzene rings is 2. The number of aliphatic hydroxyl groups excluding tert-OH is 2. The number of aromatic nitrogens is 2. The number of ketones is 5. The highest BCUT2D eigenvalue weighted by atomic mass is 35.5. The number of aliphatic imine (C=N–C) groups is 2. The molecule has 2 unspecified atom stereocenters. The lowest BCUT2D eigenvalue weighted by molar-refractivity contribution is -0.146. The summed E-state index contributed by atoms with van der Waals surface area (Å²) < 4.78 is 67.2. The third kappa shape index (κ3) is 25.3. The molecule has 2 saturated heterocycles. The number of hydrogen-bond acceptors (Lipinski definition) is 21. The molecule has 0 spiro atoms. The van der Waals surface area contributed by atoms with Gasteiger partial charge in [-0.3, -0.25) is 53.0 Å². The molecule has 0 radical (unpaired) electrons. The van der Waals surface area contributed by atoms with Gasteiger partial charge in [0.25, 0.3) is 20.0 Å². The van der Waals surface area contributed by atoms with E-state index < -0.39 is 109 Å². The van der Waals surface area contributed by atoms with Crippen LogP contribution in [0.4, 0.5) is 0 Å². The number of pyridine rings is 2. The first-order valence-electron chi connectivity index (χ1n) is 41.0. The zero-order chi connectivity index (χ0) is 83.4. The predicted molar refractivity (Wildman–Crippen MR) is 449 cm³/mol. The van der Waals surface area contributed by atoms with Gasteiger partial charge in [-0.05, 0) is 147 Å². The Hall–Kier alpha value is -7.60. The van der Waals surface area contributed by atoms with Crippen LogP contribution in [0.5, 0.6) is 11.8 Å². The third-order valence-corrected chi connectivity index (χ3v) is 26.8. The summed E-state index contributed by atoms with van der Waals surface area (Å²) >= 11 is 12.0. The van der Waals surface area contributed by atoms with Gasteiger partial charge >= 0.3 is 5.97 Å². The van der Waals surface area contributed by atoms with Crippen molar-refractivity contribution in [2.75, 3.05) is 13.1 Å². The Labute approximate surface area is 701 Å². The topological polar surface area (TPSA) is 391 Å². The van der Waals surface area contributed by atoms with Crippen LogP contribution < -0.4 is 24.7 Å². The van der Waals surface area contributed by atoms with Gasteiger partial charge in [0.05, 0.1) is 51.1 Å². The molecule has 30 heteroatoms. The first-order chi connectivity index (χ1) is 54.4. The zero-order valence-corrected chi connectivity index (χ0v) is 70.4. The van der Waals surface area contributed by atoms with E-state index in [4.69, 9.17) is 43.4 Å². The van der Waals surface area contributed by atoms with Crippen LogP contribution in [0.15, 0.2) is 105 Å². The van der Waals surface area contributed by atoms with Crippen LogP contribution in [-0.2, 0) is 58.4 Å². The number of nitrogens with one attached hydrogen (secondary N) is 2. The normalized spacial score (nSPS) is 22.9. The number of amides is 2. The van der Waals surface area contributed by atoms with E-state index >= 15 is 0 Å². The lowest BCUT2D eigenvalue weighted by Crippen LogP contribution is -2.53. The van der Waals surface area contributed by atoms with Crippen molar-refractivity contribution in [3.63, 3.8) is 0 Å². The molecule has 0 bridgehead atoms. The monoisotopic (exact) mass is 1700 g/mol. The van der Waals surface area contributed by atoms with Crippen molar-refractivity contribution in [2.45, 2.75) is 295 Å². The van der Waals surface area contributed by atoms with Gasteiger partial charge in [0, 0.05) is 86.5 Å². The Morgan fingerprint density at radius 3 is 1.31 bits per heavy atom. The molecule has 4 aliphatic carbocycles. The second-order valence-electron chi connectivity index (χ2n) is 34.8. The number of carbonyl (C=O) groups excluding carboxylic acids is 7. The van der Waals surface area contributed by atoms with E-state index in [0.717, 1.165) is 96.3 Å². The lowest BCUT2D eigenvalue weighted by atomic mass is 9.74. The number of amidine groups is 2. The highest BCUT2D eigenvalue weighted by molar-refractivity contribution is 7.91. The number of hydrogen-bond donors (Lipinski definition) is 6. The Balaban J connectivity index is 0.000000242. The SMILES string of the molecule is C.C.CCC[C@H](CC(=O)[C@@H]1C[C@@H](Oc2ccc(Cl)cn2)CN1C(=O)[C@@H](CC(=O)[C@@H](N=C1NS(=O)(=O)c2ccccc21)C1CCCCC1)C(C)(C)C)C(O)C(=O)CC1CC1.CCC[C@H](CC(=O)[C@@H]1C[C@@H](Oc2ccc(Cl)cn2)CN1C(=O)[C@@H](N)C(C)(C)C)C(O)C(=O)CC1CC1.O=C(O)[C@@H](N=C1NS(=O)(=O)c2ccccc21)C1CCCCC1. The Morgan fingerprint density at radius 2 is 0.940 bits per heavy atom. The van der Waals surface area contributed by atoms with Gasteiger partial charge in [-0.15, -0.1) is 0 Å². The van der Waals surface area contributed by atoms with E-state index in [1.165, 1.54) is 34.3 Å². The first kappa shape index (κ1) is 94.9. The Bertz CT molecular complexity index is 4420. The van der Waals surface area contributed by atoms with Crippen molar-refractivity contribution >= 4 is 102 Å². The number of rotatable bonds is 32. The molecule has 6 fully saturated rings. The average molecular weight is 1700 g/mol. The molecular weight excluding hydrogens is 1580 g/mol. The Kier molecular flexibility index (Phi) is 33.7. The summed E-state index contributed by atoms with van der Waals surface area (Å²) in [6, 6.07) is 15.4. The highest BCUT2D eigenvalue weighted by Crippen LogP contribution is 2.41. The number of carbonyl (C=O) groups is 8. The van der Waals surface area contributed by atoms with E-state index in [0.29, 0.717) is 71.0 Å². The molecule has 4 aromatic rings. The number of nitrogens with zero attached hydrogens (tertiary/aromatic N) is 6. The summed E-state index contributed by atoms with van der Waals surface area (Å²) in [5, 5.41) is 32.3. The van der Waals surface area contributed by atoms with Crippen LogP contribution >= 0.6 is 23.2 Å². The van der Waals surface area contributed by atoms with Gasteiger partial charge in [-0.2, -0.15) is 0 Å². The minimum absolute atomic E-state index is 0. The van der Waals surface area contributed by atoms with Gasteiger partial charge in [0.1, 0.15) is 42.1 Å². The number of carboxylic acids is 1. The lowest BCUT2D eigenvalue weighted by Gasteiger charge is -2.36. The van der Waals surface area contributed by atoms with E-state index in [9.17, 15) is 70.5 Å². The Morgan fingerprint density at radius 1 is 0.547 bits per heavy atom. The molecule has 7 N–H and O–H groups in total. The quantitative estimate of drug-likeness (QED) is 0.0264. The van der Waals surface area contributed by atoms with Crippen molar-refractivity contribution in [3.05, 3.63) is 106 Å². The largest absolute Gasteiger partial charge is 0.480 e. The van der Waals surface area contributed by atoms with Gasteiger partial charge < -0.3 is 40.3 Å². The number of sulfonamides is 2. The number of halogens is 2. The maximum atomic E-state index is 15.0. The minimum Gasteiger partial charge on any atom is -0.480 e. The van der Waals surface area contributed by atoms with E-state index in [1.807, 2.05) is 55.4 Å². The number of carboxylic acid groups (broad SMARTS) is 1. The summed E-state index contributed by atoms with van der Waals surface area (Å²) in [4.78, 5) is 129. The van der Waals surface area contributed by atoms with Gasteiger partial charge in [-0.1, -0.05) is 169 Å². The fourth-order valence-corrected chi connectivity index (χ4v) is 19.3. The second-order valence-corrected chi connectivity index (χ2v) is 38.9. The molecule has 2 amide bonds. The molecule has 2 aromatic carbocycles. The number of aliphatic hydroxyl groups is 2. The summed E-state index contributed by atoms with van der Waals surface area (Å²) in [5.74, 6) is -3.30. The molecule has 4 aliphatic heterocycles. The van der Waals surface area contributed by atoms with Crippen LogP contribution in [-0.4, -0.2) is 178 Å². The summed E-state index contributed by atoms with van der Waals surface area (Å²) in [6.45, 7) is 15.5. The fourth-order valence-electron chi connectivity index (χ4n) is 16.6. The molecule has 12 atom stereocenters. The smallest absolute Gasteiger partial charge is 0.328 e. The predicted octanol–water partition coefficient (Wildman–Crippen LogP) is 13.1. The average Bonchev–Trinajstić information content (AvgIpc) is 1.63. The van der Waals surface area contributed by atoms with Crippen molar-refractivity contribution < 1.29 is 80.0 Å². The van der Waals surface area contributed by atoms with Crippen molar-refractivity contribution in [3.8, 4) is 11.8 Å². The second kappa shape index (κ2) is 41.6. The van der Waals surface area contributed by atoms with Crippen LogP contribution in [0.25, 0.3) is 0 Å². The summed E-state index contributed by atoms with van der Waals surface area (Å²) in [6.07, 6.45) is 15.9. The standard InChI is InChI=1S/C43H57ClN4O8S.C27H40ClN3O5.C15H18N2O4S.2CH4/c1-5-11-28(40(52)36(51)20-26-16-17-26)21-34(49)33-22-30(56-38-19-18-29(44)24-45-38)25-48(33)42(53)32(43(2,3)4)23-35(50)39(27-12-7-6-8-13-27)46-41-31-14-9-10-15-37(31)57(54,55)47-41;1-5-6-17(24(34)22(33)11-16-7-8-16)12-21(32)20-13-19(36-23-10-9-18(28)14-30-23)15-31(20)26(35)25(29)27(2,3)4;18-15(19)13(10-6-2-1-3-7-10)16-14-11-8-4-5-9-12(11)22(20,21)17-14;;/h9-10,14-15,18-19,24,26-28,30,32-33,39-40,52H,5-8,11-13,16-17,20-23,25H2,1-4H3,(H,46,47);9-10,14,16-17,19-20,24-25,34H,5-8,11-13,15,29H2,1-4H3;4-5,8-10,13H,1-3,6-7H2,(H,16,17)(H,18,19);2*1H4/t28-,30-,32-,33+,39+,40?;17-,19-,20+,24?,25-;13-;;/m110../s1. The molecule has 12 rings (SSSR count). The summed E-state index contributed by atoms with van der Waals surface area (Å²) in [5.41, 5.74) is 5.93. The number of likely N-dealkylation sites (tertiary alicyclic amines) is 2. The summed E-state index contributed by atoms with van der Waals surface area (Å²) in [7, 11) is -7.47. The van der Waals surface area contributed by atoms with Gasteiger partial charge in [-0.25, -0.2) is 31.6 Å². The van der Waals surface area contributed by atoms with E-state index in [1.54, 1.807) is 60.7 Å². The molecule has 2 aromatic heterocycles. The number of Topliss-reactive ketones (excluding diaryl/α,β-unsaturated/α-hetero) is 5. The van der Waals surface area contributed by atoms with Gasteiger partial charge in [0.15, 0.2) is 35.0 Å². The minimum atomic E-state index is -3.84. The molecule has 644 valence electrons. The molecule has 6 heterocycles. The fraction of sp³-hybridized carbons (Fsp3) is 0.632. The van der Waals surface area contributed by atoms with Crippen LogP contribution in [0.3, 0.4) is 0 Å². The number of ether oxygens (including phenoxy) is 2. The molecule has 8 aliphatic rings. The zero-order valence-electron chi connectivity index (χ0n) is 67.3. The maximum Gasteiger partial charge on any atom is 0.328 e. The number of fused-ring (bicyclic) bond motifs is 2. The number of aliphatic carboxylic acids is 1. The number of nitrogens with two attached hydrogens (primary N) is 1. The van der Waals surface area contributed by atoms with E-state index in [-0.39, 0.29) is 140 Å². The van der Waals surface area contributed by atoms with Gasteiger partial charge in [0.2, 0.25) is 23.6 Å². The van der Waals surface area contributed by atoms with E-state index in [2.05, 4.69) is 24.4 Å². The van der Waals surface area contributed by atoms with Crippen LogP contribution in [0.2, 0.25) is 10.0 Å².